The minimum absolute atomic E-state index is 0.247. The number of nitrogens with one attached hydrogen (secondary N) is 1. The van der Waals surface area contributed by atoms with E-state index in [1.54, 1.807) is 6.26 Å². The van der Waals surface area contributed by atoms with Crippen LogP contribution in [0.15, 0.2) is 52.1 Å². The summed E-state index contributed by atoms with van der Waals surface area (Å²) >= 11 is 0. The Balaban J connectivity index is 1.61. The molecule has 2 aromatic rings. The van der Waals surface area contributed by atoms with Crippen LogP contribution in [0.25, 0.3) is 0 Å². The van der Waals surface area contributed by atoms with Gasteiger partial charge in [-0.3, -0.25) is 9.89 Å². The van der Waals surface area contributed by atoms with Crippen LogP contribution in [0.4, 0.5) is 0 Å². The number of hydrogen-bond acceptors (Lipinski definition) is 3. The quantitative estimate of drug-likeness (QED) is 0.638. The number of benzene rings is 1. The van der Waals surface area contributed by atoms with Gasteiger partial charge < -0.3 is 14.6 Å². The largest absolute Gasteiger partial charge is 0.468 e. The van der Waals surface area contributed by atoms with Crippen LogP contribution in [-0.2, 0) is 6.54 Å². The van der Waals surface area contributed by atoms with Gasteiger partial charge in [0.25, 0.3) is 0 Å². The number of aliphatic imine (C=N–C) groups is 1. The first kappa shape index (κ1) is 18.5. The minimum atomic E-state index is 0.247. The number of rotatable bonds is 6. The molecule has 3 rings (SSSR count). The van der Waals surface area contributed by atoms with Crippen LogP contribution in [0.2, 0.25) is 0 Å². The lowest BCUT2D eigenvalue weighted by Crippen LogP contribution is -2.43. The van der Waals surface area contributed by atoms with Gasteiger partial charge in [-0.1, -0.05) is 29.8 Å². The van der Waals surface area contributed by atoms with E-state index in [1.807, 2.05) is 13.1 Å². The number of furan rings is 1. The molecule has 0 bridgehead atoms. The van der Waals surface area contributed by atoms with Gasteiger partial charge in [0, 0.05) is 27.2 Å². The van der Waals surface area contributed by atoms with Gasteiger partial charge in [0.1, 0.15) is 5.76 Å². The van der Waals surface area contributed by atoms with Gasteiger partial charge in [0.05, 0.1) is 12.3 Å². The smallest absolute Gasteiger partial charge is 0.193 e. The van der Waals surface area contributed by atoms with Crippen LogP contribution < -0.4 is 5.32 Å². The minimum Gasteiger partial charge on any atom is -0.468 e. The zero-order valence-electron chi connectivity index (χ0n) is 16.1. The molecular formula is C21H30N4O. The average Bonchev–Trinajstić information content (AvgIpc) is 3.35. The fraction of sp³-hybridized carbons (Fsp3) is 0.476. The van der Waals surface area contributed by atoms with Gasteiger partial charge >= 0.3 is 0 Å². The SMILES string of the molecule is CN=C(NCC(c1ccco1)N1CCCC1)N(C)Cc1ccc(C)cc1. The van der Waals surface area contributed by atoms with Crippen molar-refractivity contribution in [2.24, 2.45) is 4.99 Å². The van der Waals surface area contributed by atoms with Crippen molar-refractivity contribution >= 4 is 5.96 Å². The zero-order valence-corrected chi connectivity index (χ0v) is 16.1. The van der Waals surface area contributed by atoms with Gasteiger partial charge in [0.2, 0.25) is 0 Å². The molecule has 1 N–H and O–H groups in total. The Morgan fingerprint density at radius 3 is 2.58 bits per heavy atom. The summed E-state index contributed by atoms with van der Waals surface area (Å²) in [6.07, 6.45) is 4.29. The van der Waals surface area contributed by atoms with E-state index in [1.165, 1.54) is 24.0 Å². The van der Waals surface area contributed by atoms with Gasteiger partial charge in [-0.15, -0.1) is 0 Å². The van der Waals surface area contributed by atoms with Gasteiger partial charge in [0.15, 0.2) is 5.96 Å². The number of likely N-dealkylation sites (tertiary alicyclic amines) is 1. The molecule has 1 aliphatic rings. The Morgan fingerprint density at radius 2 is 1.96 bits per heavy atom. The van der Waals surface area contributed by atoms with E-state index < -0.39 is 0 Å². The predicted octanol–water partition coefficient (Wildman–Crippen LogP) is 3.43. The van der Waals surface area contributed by atoms with Crippen molar-refractivity contribution in [3.63, 3.8) is 0 Å². The third-order valence-electron chi connectivity index (χ3n) is 5.02. The molecule has 1 unspecified atom stereocenters. The maximum Gasteiger partial charge on any atom is 0.193 e. The summed E-state index contributed by atoms with van der Waals surface area (Å²) in [6.45, 7) is 5.99. The molecule has 140 valence electrons. The number of aryl methyl sites for hydroxylation is 1. The maximum atomic E-state index is 5.71. The molecule has 5 heteroatoms. The van der Waals surface area contributed by atoms with E-state index in [-0.39, 0.29) is 6.04 Å². The molecular weight excluding hydrogens is 324 g/mol. The van der Waals surface area contributed by atoms with Crippen molar-refractivity contribution in [1.29, 1.82) is 0 Å². The van der Waals surface area contributed by atoms with Gasteiger partial charge in [-0.2, -0.15) is 0 Å². The summed E-state index contributed by atoms with van der Waals surface area (Å²) in [6, 6.07) is 12.9. The molecule has 1 aromatic carbocycles. The van der Waals surface area contributed by atoms with Crippen LogP contribution >= 0.6 is 0 Å². The third-order valence-corrected chi connectivity index (χ3v) is 5.02. The molecule has 1 aromatic heterocycles. The summed E-state index contributed by atoms with van der Waals surface area (Å²) in [7, 11) is 3.92. The molecule has 1 saturated heterocycles. The Kier molecular flexibility index (Phi) is 6.34. The van der Waals surface area contributed by atoms with E-state index in [9.17, 15) is 0 Å². The Bertz CT molecular complexity index is 687. The monoisotopic (exact) mass is 354 g/mol. The third kappa shape index (κ3) is 4.67. The molecule has 1 fully saturated rings. The normalized spacial score (nSPS) is 16.7. The molecule has 1 atom stereocenters. The van der Waals surface area contributed by atoms with E-state index in [0.717, 1.165) is 37.9 Å². The summed E-state index contributed by atoms with van der Waals surface area (Å²) in [5.74, 6) is 1.93. The summed E-state index contributed by atoms with van der Waals surface area (Å²) in [5.41, 5.74) is 2.56. The van der Waals surface area contributed by atoms with E-state index in [2.05, 4.69) is 64.4 Å². The molecule has 1 aliphatic heterocycles. The second-order valence-corrected chi connectivity index (χ2v) is 7.04. The predicted molar refractivity (Wildman–Crippen MR) is 106 cm³/mol. The second-order valence-electron chi connectivity index (χ2n) is 7.04. The topological polar surface area (TPSA) is 44.0 Å². The highest BCUT2D eigenvalue weighted by Crippen LogP contribution is 2.24. The highest BCUT2D eigenvalue weighted by Gasteiger charge is 2.26. The Hall–Kier alpha value is -2.27. The lowest BCUT2D eigenvalue weighted by atomic mass is 10.1. The van der Waals surface area contributed by atoms with Gasteiger partial charge in [-0.05, 0) is 50.6 Å². The molecule has 2 heterocycles. The lowest BCUT2D eigenvalue weighted by Gasteiger charge is -2.29. The number of hydrogen-bond donors (Lipinski definition) is 1. The van der Waals surface area contributed by atoms with Crippen LogP contribution in [0.1, 0.15) is 35.8 Å². The van der Waals surface area contributed by atoms with E-state index in [4.69, 9.17) is 4.42 Å². The van der Waals surface area contributed by atoms with Crippen molar-refractivity contribution in [2.45, 2.75) is 32.4 Å². The standard InChI is InChI=1S/C21H30N4O/c1-17-8-10-18(11-9-17)16-24(3)21(22-2)23-15-19(20-7-6-14-26-20)25-12-4-5-13-25/h6-11,14,19H,4-5,12-13,15-16H2,1-3H3,(H,22,23). The fourth-order valence-corrected chi connectivity index (χ4v) is 3.56. The fourth-order valence-electron chi connectivity index (χ4n) is 3.56. The van der Waals surface area contributed by atoms with Crippen LogP contribution in [0.3, 0.4) is 0 Å². The van der Waals surface area contributed by atoms with Crippen molar-refractivity contribution < 1.29 is 4.42 Å². The summed E-state index contributed by atoms with van der Waals surface area (Å²) < 4.78 is 5.71. The first-order chi connectivity index (χ1) is 12.7. The average molecular weight is 354 g/mol. The molecule has 0 saturated carbocycles. The Labute approximate surface area is 156 Å². The van der Waals surface area contributed by atoms with Crippen LogP contribution in [-0.4, -0.2) is 49.5 Å². The zero-order chi connectivity index (χ0) is 18.4. The molecule has 0 radical (unpaired) electrons. The van der Waals surface area contributed by atoms with Gasteiger partial charge in [-0.25, -0.2) is 0 Å². The molecule has 0 amide bonds. The number of guanidine groups is 1. The van der Waals surface area contributed by atoms with Crippen LogP contribution in [0.5, 0.6) is 0 Å². The maximum absolute atomic E-state index is 5.71. The molecule has 0 spiro atoms. The second kappa shape index (κ2) is 8.90. The molecule has 5 nitrogen and oxygen atoms in total. The van der Waals surface area contributed by atoms with E-state index in [0.29, 0.717) is 0 Å². The number of nitrogens with zero attached hydrogens (tertiary/aromatic N) is 3. The first-order valence-corrected chi connectivity index (χ1v) is 9.42. The van der Waals surface area contributed by atoms with Crippen molar-refractivity contribution in [3.05, 3.63) is 59.5 Å². The first-order valence-electron chi connectivity index (χ1n) is 9.42. The van der Waals surface area contributed by atoms with Crippen LogP contribution in [0, 0.1) is 6.92 Å². The Morgan fingerprint density at radius 1 is 1.23 bits per heavy atom. The van der Waals surface area contributed by atoms with Crippen molar-refractivity contribution in [2.75, 3.05) is 33.7 Å². The molecule has 26 heavy (non-hydrogen) atoms. The van der Waals surface area contributed by atoms with Crippen molar-refractivity contribution in [3.8, 4) is 0 Å². The van der Waals surface area contributed by atoms with E-state index >= 15 is 0 Å². The highest BCUT2D eigenvalue weighted by molar-refractivity contribution is 5.79. The highest BCUT2D eigenvalue weighted by atomic mass is 16.3. The van der Waals surface area contributed by atoms with Crippen molar-refractivity contribution in [1.82, 2.24) is 15.1 Å². The molecule has 0 aliphatic carbocycles. The summed E-state index contributed by atoms with van der Waals surface area (Å²) in [4.78, 5) is 9.12. The lowest BCUT2D eigenvalue weighted by molar-refractivity contribution is 0.214. The summed E-state index contributed by atoms with van der Waals surface area (Å²) in [5, 5.41) is 3.54.